The lowest BCUT2D eigenvalue weighted by atomic mass is 9.90. The molecule has 2 fully saturated rings. The summed E-state index contributed by atoms with van der Waals surface area (Å²) in [7, 11) is 0. The second kappa shape index (κ2) is 6.50. The summed E-state index contributed by atoms with van der Waals surface area (Å²) < 4.78 is 5.90. The first-order valence-electron chi connectivity index (χ1n) is 7.78. The van der Waals surface area contributed by atoms with Crippen molar-refractivity contribution in [1.29, 1.82) is 0 Å². The number of hydrogen-bond donors (Lipinski definition) is 1. The summed E-state index contributed by atoms with van der Waals surface area (Å²) >= 11 is 0. The molecule has 0 radical (unpaired) electrons. The van der Waals surface area contributed by atoms with Crippen molar-refractivity contribution in [2.24, 2.45) is 0 Å². The Balaban J connectivity index is 1.70. The van der Waals surface area contributed by atoms with Crippen molar-refractivity contribution < 1.29 is 4.74 Å². The summed E-state index contributed by atoms with van der Waals surface area (Å²) in [6.07, 6.45) is 9.23. The Bertz CT molecular complexity index is 420. The van der Waals surface area contributed by atoms with Crippen LogP contribution in [-0.4, -0.2) is 41.8 Å². The van der Waals surface area contributed by atoms with Gasteiger partial charge in [0.2, 0.25) is 5.95 Å². The lowest BCUT2D eigenvalue weighted by Gasteiger charge is -2.43. The van der Waals surface area contributed by atoms with Crippen LogP contribution in [-0.2, 0) is 11.3 Å². The van der Waals surface area contributed by atoms with Crippen molar-refractivity contribution in [2.75, 3.05) is 24.6 Å². The zero-order valence-electron chi connectivity index (χ0n) is 12.2. The Labute approximate surface area is 120 Å². The van der Waals surface area contributed by atoms with Gasteiger partial charge in [0, 0.05) is 31.0 Å². The average molecular weight is 276 g/mol. The molecule has 5 nitrogen and oxygen atoms in total. The Morgan fingerprint density at radius 1 is 1.30 bits per heavy atom. The average Bonchev–Trinajstić information content (AvgIpc) is 2.53. The van der Waals surface area contributed by atoms with E-state index in [1.165, 1.54) is 25.7 Å². The molecular weight excluding hydrogens is 252 g/mol. The van der Waals surface area contributed by atoms with Gasteiger partial charge in [-0.15, -0.1) is 0 Å². The van der Waals surface area contributed by atoms with E-state index < -0.39 is 0 Å². The first kappa shape index (κ1) is 13.8. The van der Waals surface area contributed by atoms with E-state index in [-0.39, 0.29) is 0 Å². The second-order valence-electron chi connectivity index (χ2n) is 5.63. The molecule has 1 aliphatic heterocycles. The number of hydrogen-bond acceptors (Lipinski definition) is 5. The Morgan fingerprint density at radius 2 is 2.10 bits per heavy atom. The number of rotatable bonds is 4. The van der Waals surface area contributed by atoms with E-state index >= 15 is 0 Å². The molecule has 1 saturated carbocycles. The normalized spacial score (nSPS) is 26.4. The van der Waals surface area contributed by atoms with E-state index in [0.29, 0.717) is 12.1 Å². The van der Waals surface area contributed by atoms with Gasteiger partial charge < -0.3 is 15.0 Å². The van der Waals surface area contributed by atoms with Gasteiger partial charge in [0.1, 0.15) is 0 Å². The maximum absolute atomic E-state index is 5.90. The van der Waals surface area contributed by atoms with Gasteiger partial charge in [-0.2, -0.15) is 0 Å². The monoisotopic (exact) mass is 276 g/mol. The van der Waals surface area contributed by atoms with Crippen molar-refractivity contribution in [3.05, 3.63) is 18.0 Å². The number of fused-ring (bicyclic) bond motifs is 1. The van der Waals surface area contributed by atoms with Crippen LogP contribution in [0.15, 0.2) is 12.4 Å². The van der Waals surface area contributed by atoms with Gasteiger partial charge in [-0.25, -0.2) is 9.97 Å². The third-order valence-corrected chi connectivity index (χ3v) is 4.26. The van der Waals surface area contributed by atoms with Crippen molar-refractivity contribution in [3.63, 3.8) is 0 Å². The topological polar surface area (TPSA) is 50.3 Å². The van der Waals surface area contributed by atoms with E-state index in [4.69, 9.17) is 4.74 Å². The molecule has 2 aliphatic rings. The van der Waals surface area contributed by atoms with Gasteiger partial charge in [-0.1, -0.05) is 19.8 Å². The molecule has 1 aromatic heterocycles. The highest BCUT2D eigenvalue weighted by atomic mass is 16.5. The highest BCUT2D eigenvalue weighted by Gasteiger charge is 2.35. The van der Waals surface area contributed by atoms with Gasteiger partial charge in [-0.3, -0.25) is 0 Å². The van der Waals surface area contributed by atoms with E-state index in [1.54, 1.807) is 0 Å². The van der Waals surface area contributed by atoms with Crippen LogP contribution in [0.25, 0.3) is 0 Å². The zero-order chi connectivity index (χ0) is 13.8. The lowest BCUT2D eigenvalue weighted by molar-refractivity contribution is -0.00932. The smallest absolute Gasteiger partial charge is 0.225 e. The molecule has 0 amide bonds. The van der Waals surface area contributed by atoms with Crippen LogP contribution in [0.5, 0.6) is 0 Å². The van der Waals surface area contributed by atoms with Crippen LogP contribution in [0, 0.1) is 0 Å². The molecule has 2 atom stereocenters. The van der Waals surface area contributed by atoms with Gasteiger partial charge >= 0.3 is 0 Å². The molecule has 0 spiro atoms. The van der Waals surface area contributed by atoms with Crippen molar-refractivity contribution in [3.8, 4) is 0 Å². The summed E-state index contributed by atoms with van der Waals surface area (Å²) in [6, 6.07) is 0.470. The standard InChI is InChI=1S/C15H24N4O/c1-2-16-9-12-10-17-15(18-11-12)19-7-8-20-14-6-4-3-5-13(14)19/h10-11,13-14,16H,2-9H2,1H3. The van der Waals surface area contributed by atoms with Gasteiger partial charge in [0.05, 0.1) is 18.8 Å². The number of aromatic nitrogens is 2. The SMILES string of the molecule is CCNCc1cnc(N2CCOC3CCCCC32)nc1. The summed E-state index contributed by atoms with van der Waals surface area (Å²) in [4.78, 5) is 11.5. The molecular formula is C15H24N4O. The molecule has 2 heterocycles. The fourth-order valence-electron chi connectivity index (χ4n) is 3.20. The van der Waals surface area contributed by atoms with Crippen LogP contribution in [0.1, 0.15) is 38.2 Å². The molecule has 0 aromatic carbocycles. The summed E-state index contributed by atoms with van der Waals surface area (Å²) in [6.45, 7) is 5.62. The number of nitrogens with one attached hydrogen (secondary N) is 1. The highest BCUT2D eigenvalue weighted by molar-refractivity contribution is 5.33. The summed E-state index contributed by atoms with van der Waals surface area (Å²) in [5.41, 5.74) is 1.14. The number of nitrogens with zero attached hydrogens (tertiary/aromatic N) is 3. The van der Waals surface area contributed by atoms with Crippen LogP contribution >= 0.6 is 0 Å². The van der Waals surface area contributed by atoms with Crippen molar-refractivity contribution in [1.82, 2.24) is 15.3 Å². The quantitative estimate of drug-likeness (QED) is 0.907. The van der Waals surface area contributed by atoms with Crippen LogP contribution in [0.2, 0.25) is 0 Å². The van der Waals surface area contributed by atoms with Crippen molar-refractivity contribution >= 4 is 5.95 Å². The molecule has 0 bridgehead atoms. The number of anilines is 1. The first-order valence-corrected chi connectivity index (χ1v) is 7.78. The Hall–Kier alpha value is -1.20. The minimum absolute atomic E-state index is 0.377. The maximum Gasteiger partial charge on any atom is 0.225 e. The molecule has 1 N–H and O–H groups in total. The Morgan fingerprint density at radius 3 is 2.90 bits per heavy atom. The summed E-state index contributed by atoms with van der Waals surface area (Å²) in [5.74, 6) is 0.866. The molecule has 1 aliphatic carbocycles. The fourth-order valence-corrected chi connectivity index (χ4v) is 3.20. The highest BCUT2D eigenvalue weighted by Crippen LogP contribution is 2.30. The molecule has 110 valence electrons. The largest absolute Gasteiger partial charge is 0.374 e. The van der Waals surface area contributed by atoms with Gasteiger partial charge in [-0.05, 0) is 19.4 Å². The van der Waals surface area contributed by atoms with E-state index in [9.17, 15) is 0 Å². The Kier molecular flexibility index (Phi) is 4.47. The van der Waals surface area contributed by atoms with E-state index in [1.807, 2.05) is 12.4 Å². The molecule has 2 unspecified atom stereocenters. The third kappa shape index (κ3) is 2.94. The lowest BCUT2D eigenvalue weighted by Crippen LogP contribution is -2.53. The maximum atomic E-state index is 5.90. The molecule has 5 heteroatoms. The number of ether oxygens (including phenoxy) is 1. The molecule has 1 aromatic rings. The predicted octanol–water partition coefficient (Wildman–Crippen LogP) is 1.73. The van der Waals surface area contributed by atoms with Crippen LogP contribution in [0.4, 0.5) is 5.95 Å². The van der Waals surface area contributed by atoms with Gasteiger partial charge in [0.15, 0.2) is 0 Å². The predicted molar refractivity (Wildman–Crippen MR) is 78.8 cm³/mol. The minimum atomic E-state index is 0.377. The minimum Gasteiger partial charge on any atom is -0.374 e. The zero-order valence-corrected chi connectivity index (χ0v) is 12.2. The molecule has 1 saturated heterocycles. The molecule has 3 rings (SSSR count). The summed E-state index contributed by atoms with van der Waals surface area (Å²) in [5, 5.41) is 3.30. The van der Waals surface area contributed by atoms with Crippen molar-refractivity contribution in [2.45, 2.75) is 51.3 Å². The number of morpholine rings is 1. The van der Waals surface area contributed by atoms with Gasteiger partial charge in [0.25, 0.3) is 0 Å². The molecule has 20 heavy (non-hydrogen) atoms. The van der Waals surface area contributed by atoms with Crippen LogP contribution < -0.4 is 10.2 Å². The van der Waals surface area contributed by atoms with E-state index in [0.717, 1.165) is 37.8 Å². The first-order chi connectivity index (χ1) is 9.88. The van der Waals surface area contributed by atoms with E-state index in [2.05, 4.69) is 27.1 Å². The second-order valence-corrected chi connectivity index (χ2v) is 5.63. The van der Waals surface area contributed by atoms with Crippen LogP contribution in [0.3, 0.4) is 0 Å². The fraction of sp³-hybridized carbons (Fsp3) is 0.733. The third-order valence-electron chi connectivity index (χ3n) is 4.26.